The van der Waals surface area contributed by atoms with Crippen molar-refractivity contribution in [2.45, 2.75) is 39.3 Å². The fourth-order valence-electron chi connectivity index (χ4n) is 3.27. The third-order valence-corrected chi connectivity index (χ3v) is 4.92. The van der Waals surface area contributed by atoms with Crippen molar-refractivity contribution in [3.63, 3.8) is 0 Å². The Kier molecular flexibility index (Phi) is 4.14. The minimum Gasteiger partial charge on any atom is -0.488 e. The molecule has 0 spiro atoms. The number of hydrogen-bond acceptors (Lipinski definition) is 4. The number of amides is 1. The summed E-state index contributed by atoms with van der Waals surface area (Å²) in [7, 11) is 0. The number of nitrogens with zero attached hydrogens (tertiary/aromatic N) is 4. The van der Waals surface area contributed by atoms with Gasteiger partial charge in [0.1, 0.15) is 17.4 Å². The van der Waals surface area contributed by atoms with Gasteiger partial charge in [0.05, 0.1) is 12.4 Å². The van der Waals surface area contributed by atoms with Gasteiger partial charge in [-0.25, -0.2) is 4.52 Å². The molecule has 0 radical (unpaired) electrons. The molecule has 26 heavy (non-hydrogen) atoms. The summed E-state index contributed by atoms with van der Waals surface area (Å²) in [6.45, 7) is 6.87. The first-order valence-corrected chi connectivity index (χ1v) is 8.96. The standard InChI is InChI=1S/C19H23N5O2/c1-12(2)23-11-16(9-22-23)15-6-18(17-4-5-21-24(17)10-15)26-13(3)14-7-19(25)20-8-14/h4-6,9-14H,7-8H2,1-3H3,(H,20,25)/t13-,14?/m1/s1. The van der Waals surface area contributed by atoms with E-state index in [-0.39, 0.29) is 17.9 Å². The zero-order valence-electron chi connectivity index (χ0n) is 15.2. The van der Waals surface area contributed by atoms with Crippen LogP contribution in [0.3, 0.4) is 0 Å². The van der Waals surface area contributed by atoms with E-state index in [1.807, 2.05) is 46.8 Å². The van der Waals surface area contributed by atoms with Gasteiger partial charge in [0.25, 0.3) is 0 Å². The molecular formula is C19H23N5O2. The van der Waals surface area contributed by atoms with E-state index in [1.165, 1.54) is 0 Å². The maximum Gasteiger partial charge on any atom is 0.220 e. The summed E-state index contributed by atoms with van der Waals surface area (Å²) < 4.78 is 10.0. The summed E-state index contributed by atoms with van der Waals surface area (Å²) in [5.74, 6) is 1.04. The maximum absolute atomic E-state index is 11.5. The van der Waals surface area contributed by atoms with E-state index < -0.39 is 0 Å². The van der Waals surface area contributed by atoms with Crippen molar-refractivity contribution in [3.8, 4) is 16.9 Å². The quantitative estimate of drug-likeness (QED) is 0.765. The Labute approximate surface area is 152 Å². The van der Waals surface area contributed by atoms with Crippen molar-refractivity contribution in [2.75, 3.05) is 6.54 Å². The molecule has 4 heterocycles. The topological polar surface area (TPSA) is 73.5 Å². The molecular weight excluding hydrogens is 330 g/mol. The van der Waals surface area contributed by atoms with Crippen molar-refractivity contribution in [3.05, 3.63) is 36.9 Å². The SMILES string of the molecule is CC(C)n1cc(-c2cc(O[C@H](C)C3CNC(=O)C3)c3ccnn3c2)cn1. The monoisotopic (exact) mass is 353 g/mol. The van der Waals surface area contributed by atoms with Gasteiger partial charge in [-0.15, -0.1) is 0 Å². The number of carbonyl (C=O) groups is 1. The number of aromatic nitrogens is 4. The molecule has 0 aromatic carbocycles. The fourth-order valence-corrected chi connectivity index (χ4v) is 3.27. The summed E-state index contributed by atoms with van der Waals surface area (Å²) >= 11 is 0. The third-order valence-electron chi connectivity index (χ3n) is 4.92. The molecule has 1 unspecified atom stereocenters. The Morgan fingerprint density at radius 3 is 2.77 bits per heavy atom. The van der Waals surface area contributed by atoms with Gasteiger partial charge in [0.15, 0.2) is 0 Å². The zero-order valence-corrected chi connectivity index (χ0v) is 15.2. The van der Waals surface area contributed by atoms with E-state index in [1.54, 1.807) is 6.20 Å². The van der Waals surface area contributed by atoms with Crippen LogP contribution in [0.1, 0.15) is 33.2 Å². The minimum absolute atomic E-state index is 0.0683. The molecule has 136 valence electrons. The molecule has 1 amide bonds. The fraction of sp³-hybridized carbons (Fsp3) is 0.421. The molecule has 1 N–H and O–H groups in total. The highest BCUT2D eigenvalue weighted by atomic mass is 16.5. The molecule has 0 aliphatic carbocycles. The van der Waals surface area contributed by atoms with Crippen LogP contribution in [-0.4, -0.2) is 38.0 Å². The predicted molar refractivity (Wildman–Crippen MR) is 98.0 cm³/mol. The van der Waals surface area contributed by atoms with Crippen LogP contribution in [0, 0.1) is 5.92 Å². The Bertz CT molecular complexity index is 942. The minimum atomic E-state index is -0.0683. The van der Waals surface area contributed by atoms with Gasteiger partial charge in [-0.3, -0.25) is 9.48 Å². The Hall–Kier alpha value is -2.83. The van der Waals surface area contributed by atoms with Crippen LogP contribution in [0.4, 0.5) is 0 Å². The predicted octanol–water partition coefficient (Wildman–Crippen LogP) is 2.68. The molecule has 2 atom stereocenters. The summed E-state index contributed by atoms with van der Waals surface area (Å²) in [6, 6.07) is 4.27. The van der Waals surface area contributed by atoms with Gasteiger partial charge in [-0.05, 0) is 32.9 Å². The van der Waals surface area contributed by atoms with Gasteiger partial charge in [0, 0.05) is 48.4 Å². The second-order valence-corrected chi connectivity index (χ2v) is 7.15. The first kappa shape index (κ1) is 16.6. The Balaban J connectivity index is 1.67. The third kappa shape index (κ3) is 3.05. The summed E-state index contributed by atoms with van der Waals surface area (Å²) in [6.07, 6.45) is 8.07. The van der Waals surface area contributed by atoms with Crippen molar-refractivity contribution in [1.82, 2.24) is 24.7 Å². The van der Waals surface area contributed by atoms with Gasteiger partial charge in [0.2, 0.25) is 5.91 Å². The molecule has 0 bridgehead atoms. The number of carbonyl (C=O) groups excluding carboxylic acids is 1. The van der Waals surface area contributed by atoms with Crippen LogP contribution in [0.5, 0.6) is 5.75 Å². The van der Waals surface area contributed by atoms with Crippen LogP contribution >= 0.6 is 0 Å². The zero-order chi connectivity index (χ0) is 18.3. The smallest absolute Gasteiger partial charge is 0.220 e. The first-order valence-electron chi connectivity index (χ1n) is 8.96. The molecule has 7 nitrogen and oxygen atoms in total. The van der Waals surface area contributed by atoms with E-state index in [0.29, 0.717) is 19.0 Å². The highest BCUT2D eigenvalue weighted by Crippen LogP contribution is 2.30. The van der Waals surface area contributed by atoms with Crippen molar-refractivity contribution in [1.29, 1.82) is 0 Å². The lowest BCUT2D eigenvalue weighted by atomic mass is 10.0. The van der Waals surface area contributed by atoms with Crippen molar-refractivity contribution < 1.29 is 9.53 Å². The largest absolute Gasteiger partial charge is 0.488 e. The lowest BCUT2D eigenvalue weighted by Crippen LogP contribution is -2.25. The lowest BCUT2D eigenvalue weighted by molar-refractivity contribution is -0.119. The van der Waals surface area contributed by atoms with Gasteiger partial charge < -0.3 is 10.1 Å². The molecule has 1 aliphatic heterocycles. The highest BCUT2D eigenvalue weighted by Gasteiger charge is 2.28. The molecule has 1 saturated heterocycles. The molecule has 1 fully saturated rings. The van der Waals surface area contributed by atoms with Gasteiger partial charge in [-0.2, -0.15) is 10.2 Å². The number of ether oxygens (including phenoxy) is 1. The molecule has 1 aliphatic rings. The Morgan fingerprint density at radius 2 is 2.08 bits per heavy atom. The summed E-state index contributed by atoms with van der Waals surface area (Å²) in [5.41, 5.74) is 2.93. The van der Waals surface area contributed by atoms with E-state index >= 15 is 0 Å². The molecule has 7 heteroatoms. The van der Waals surface area contributed by atoms with Crippen molar-refractivity contribution in [2.24, 2.45) is 5.92 Å². The average Bonchev–Trinajstić information content (AvgIpc) is 3.34. The first-order chi connectivity index (χ1) is 12.5. The molecule has 4 rings (SSSR count). The van der Waals surface area contributed by atoms with Gasteiger partial charge >= 0.3 is 0 Å². The van der Waals surface area contributed by atoms with Crippen LogP contribution < -0.4 is 10.1 Å². The summed E-state index contributed by atoms with van der Waals surface area (Å²) in [4.78, 5) is 11.5. The molecule has 0 saturated carbocycles. The molecule has 3 aromatic rings. The van der Waals surface area contributed by atoms with Crippen LogP contribution in [-0.2, 0) is 4.79 Å². The van der Waals surface area contributed by atoms with E-state index in [4.69, 9.17) is 4.74 Å². The van der Waals surface area contributed by atoms with Gasteiger partial charge in [-0.1, -0.05) is 0 Å². The second kappa shape index (κ2) is 6.48. The van der Waals surface area contributed by atoms with Crippen LogP contribution in [0.15, 0.2) is 36.9 Å². The van der Waals surface area contributed by atoms with E-state index in [0.717, 1.165) is 22.4 Å². The number of fused-ring (bicyclic) bond motifs is 1. The average molecular weight is 353 g/mol. The Morgan fingerprint density at radius 1 is 1.23 bits per heavy atom. The van der Waals surface area contributed by atoms with E-state index in [9.17, 15) is 4.79 Å². The number of nitrogens with one attached hydrogen (secondary N) is 1. The second-order valence-electron chi connectivity index (χ2n) is 7.15. The number of rotatable bonds is 5. The molecule has 3 aromatic heterocycles. The van der Waals surface area contributed by atoms with Crippen molar-refractivity contribution >= 4 is 11.4 Å². The number of pyridine rings is 1. The van der Waals surface area contributed by atoms with Crippen LogP contribution in [0.25, 0.3) is 16.6 Å². The maximum atomic E-state index is 11.5. The van der Waals surface area contributed by atoms with Crippen LogP contribution in [0.2, 0.25) is 0 Å². The van der Waals surface area contributed by atoms with E-state index in [2.05, 4.69) is 29.4 Å². The normalized spacial score (nSPS) is 18.5. The summed E-state index contributed by atoms with van der Waals surface area (Å²) in [5, 5.41) is 11.7. The highest BCUT2D eigenvalue weighted by molar-refractivity contribution is 5.78. The number of hydrogen-bond donors (Lipinski definition) is 1. The lowest BCUT2D eigenvalue weighted by Gasteiger charge is -2.20.